The van der Waals surface area contributed by atoms with Crippen LogP contribution in [0.3, 0.4) is 0 Å². The fourth-order valence-electron chi connectivity index (χ4n) is 2.32. The second kappa shape index (κ2) is 8.90. The maximum absolute atomic E-state index is 12.1. The summed E-state index contributed by atoms with van der Waals surface area (Å²) in [6.07, 6.45) is 3.31. The Morgan fingerprint density at radius 1 is 1.11 bits per heavy atom. The van der Waals surface area contributed by atoms with Gasteiger partial charge in [-0.15, -0.1) is 0 Å². The number of hydrogen-bond donors (Lipinski definition) is 2. The first kappa shape index (κ1) is 18.5. The fraction of sp³-hybridized carbons (Fsp3) is 0.176. The Kier molecular flexibility index (Phi) is 6.10. The number of aromatic nitrogens is 3. The fourth-order valence-corrected chi connectivity index (χ4v) is 2.88. The highest BCUT2D eigenvalue weighted by Gasteiger charge is 2.14. The molecule has 0 fully saturated rings. The van der Waals surface area contributed by atoms with E-state index in [1.54, 1.807) is 12.1 Å². The van der Waals surface area contributed by atoms with Gasteiger partial charge >= 0.3 is 0 Å². The van der Waals surface area contributed by atoms with Crippen molar-refractivity contribution in [3.8, 4) is 11.3 Å². The zero-order valence-corrected chi connectivity index (χ0v) is 15.1. The molecule has 27 heavy (non-hydrogen) atoms. The van der Waals surface area contributed by atoms with Crippen LogP contribution in [-0.2, 0) is 10.9 Å². The standard InChI is InChI=1S/C17H17N5O4S/c23-16(14-12-15(26-21-14)13-6-2-1-3-7-13)18-10-5-11-22(27(24)25)17-19-8-4-9-20-17/h1-4,6-9,12,27H,5,10-11H2,(H,18,23). The summed E-state index contributed by atoms with van der Waals surface area (Å²) in [5.74, 6) is 0.204. The van der Waals surface area contributed by atoms with E-state index in [9.17, 15) is 13.2 Å². The number of anilines is 1. The van der Waals surface area contributed by atoms with Crippen molar-refractivity contribution in [1.82, 2.24) is 20.4 Å². The molecule has 1 N–H and O–H groups in total. The summed E-state index contributed by atoms with van der Waals surface area (Å²) in [6.45, 7) is 0.413. The minimum atomic E-state index is -2.87. The molecule has 10 heteroatoms. The van der Waals surface area contributed by atoms with Gasteiger partial charge in [0.15, 0.2) is 11.5 Å². The first-order valence-corrected chi connectivity index (χ1v) is 9.27. The van der Waals surface area contributed by atoms with Crippen molar-refractivity contribution in [3.05, 3.63) is 60.6 Å². The molecule has 0 atom stereocenters. The van der Waals surface area contributed by atoms with Crippen LogP contribution in [0.1, 0.15) is 16.9 Å². The number of nitrogens with zero attached hydrogens (tertiary/aromatic N) is 4. The third-order valence-corrected chi connectivity index (χ3v) is 4.39. The van der Waals surface area contributed by atoms with Crippen molar-refractivity contribution in [2.75, 3.05) is 17.4 Å². The summed E-state index contributed by atoms with van der Waals surface area (Å²) in [5, 5.41) is 6.45. The number of benzene rings is 1. The number of carbonyl (C=O) groups excluding carboxylic acids is 1. The Bertz CT molecular complexity index is 952. The van der Waals surface area contributed by atoms with E-state index in [0.717, 1.165) is 9.87 Å². The molecule has 9 nitrogen and oxygen atoms in total. The number of thiol groups is 1. The average Bonchev–Trinajstić information content (AvgIpc) is 3.19. The number of nitrogens with one attached hydrogen (secondary N) is 1. The van der Waals surface area contributed by atoms with Gasteiger partial charge in [0.2, 0.25) is 16.8 Å². The summed E-state index contributed by atoms with van der Waals surface area (Å²) in [7, 11) is -2.87. The van der Waals surface area contributed by atoms with Gasteiger partial charge < -0.3 is 9.84 Å². The Morgan fingerprint density at radius 2 is 1.85 bits per heavy atom. The minimum absolute atomic E-state index is 0.101. The molecule has 1 amide bonds. The Hall–Kier alpha value is -3.27. The Labute approximate surface area is 157 Å². The van der Waals surface area contributed by atoms with Gasteiger partial charge in [-0.2, -0.15) is 0 Å². The van der Waals surface area contributed by atoms with Crippen molar-refractivity contribution >= 4 is 22.7 Å². The van der Waals surface area contributed by atoms with E-state index in [4.69, 9.17) is 4.52 Å². The van der Waals surface area contributed by atoms with E-state index in [0.29, 0.717) is 12.2 Å². The number of rotatable bonds is 8. The predicted octanol–water partition coefficient (Wildman–Crippen LogP) is 1.28. The van der Waals surface area contributed by atoms with Crippen molar-refractivity contribution in [2.24, 2.45) is 0 Å². The zero-order valence-electron chi connectivity index (χ0n) is 14.2. The van der Waals surface area contributed by atoms with E-state index < -0.39 is 16.8 Å². The first-order valence-electron chi connectivity index (χ1n) is 8.14. The largest absolute Gasteiger partial charge is 0.355 e. The van der Waals surface area contributed by atoms with Crippen LogP contribution >= 0.6 is 0 Å². The lowest BCUT2D eigenvalue weighted by Gasteiger charge is -2.14. The topological polar surface area (TPSA) is 118 Å². The highest BCUT2D eigenvalue weighted by molar-refractivity contribution is 7.74. The maximum atomic E-state index is 12.1. The smallest absolute Gasteiger partial charge is 0.273 e. The van der Waals surface area contributed by atoms with Crippen LogP contribution in [0.25, 0.3) is 11.3 Å². The van der Waals surface area contributed by atoms with E-state index >= 15 is 0 Å². The second-order valence-electron chi connectivity index (χ2n) is 5.46. The zero-order chi connectivity index (χ0) is 19.1. The van der Waals surface area contributed by atoms with E-state index in [1.807, 2.05) is 30.3 Å². The molecule has 1 aromatic carbocycles. The maximum Gasteiger partial charge on any atom is 0.273 e. The summed E-state index contributed by atoms with van der Waals surface area (Å²) in [4.78, 5) is 20.0. The summed E-state index contributed by atoms with van der Waals surface area (Å²) >= 11 is 0. The third-order valence-electron chi connectivity index (χ3n) is 3.61. The highest BCUT2D eigenvalue weighted by atomic mass is 32.2. The highest BCUT2D eigenvalue weighted by Crippen LogP contribution is 2.19. The lowest BCUT2D eigenvalue weighted by Crippen LogP contribution is -2.30. The molecule has 0 spiro atoms. The lowest BCUT2D eigenvalue weighted by molar-refractivity contribution is 0.0944. The van der Waals surface area contributed by atoms with Gasteiger partial charge in [-0.25, -0.2) is 22.7 Å². The Balaban J connectivity index is 1.52. The molecule has 2 heterocycles. The van der Waals surface area contributed by atoms with Crippen molar-refractivity contribution in [2.45, 2.75) is 6.42 Å². The Morgan fingerprint density at radius 3 is 2.56 bits per heavy atom. The molecule has 0 aliphatic carbocycles. The molecule has 0 aliphatic heterocycles. The van der Waals surface area contributed by atoms with Crippen LogP contribution < -0.4 is 9.62 Å². The summed E-state index contributed by atoms with van der Waals surface area (Å²) in [5.41, 5.74) is 0.980. The van der Waals surface area contributed by atoms with Crippen LogP contribution in [0.5, 0.6) is 0 Å². The van der Waals surface area contributed by atoms with Crippen LogP contribution in [-0.4, -0.2) is 42.5 Å². The van der Waals surface area contributed by atoms with Gasteiger partial charge in [0.05, 0.1) is 0 Å². The quantitative estimate of drug-likeness (QED) is 0.441. The van der Waals surface area contributed by atoms with Gasteiger partial charge in [-0.05, 0) is 12.5 Å². The number of carbonyl (C=O) groups is 1. The summed E-state index contributed by atoms with van der Waals surface area (Å²) < 4.78 is 29.0. The molecule has 0 saturated carbocycles. The molecule has 140 valence electrons. The SMILES string of the molecule is O=C(NCCCN(c1ncccn1)[SH](=O)=O)c1cc(-c2ccccc2)on1. The van der Waals surface area contributed by atoms with Crippen molar-refractivity contribution < 1.29 is 17.7 Å². The monoisotopic (exact) mass is 387 g/mol. The van der Waals surface area contributed by atoms with Crippen molar-refractivity contribution in [1.29, 1.82) is 0 Å². The lowest BCUT2D eigenvalue weighted by atomic mass is 10.1. The van der Waals surface area contributed by atoms with Crippen LogP contribution in [0.4, 0.5) is 5.95 Å². The number of hydrogen-bond acceptors (Lipinski definition) is 7. The molecule has 0 bridgehead atoms. The molecule has 2 aromatic heterocycles. The van der Waals surface area contributed by atoms with Crippen LogP contribution in [0.15, 0.2) is 59.4 Å². The van der Waals surface area contributed by atoms with Gasteiger partial charge in [0, 0.05) is 37.1 Å². The van der Waals surface area contributed by atoms with Gasteiger partial charge in [-0.1, -0.05) is 35.5 Å². The normalized spacial score (nSPS) is 10.7. The van der Waals surface area contributed by atoms with Crippen molar-refractivity contribution in [3.63, 3.8) is 0 Å². The molecular weight excluding hydrogens is 370 g/mol. The molecule has 0 aliphatic rings. The van der Waals surface area contributed by atoms with E-state index in [2.05, 4.69) is 20.4 Å². The molecule has 0 saturated heterocycles. The van der Waals surface area contributed by atoms with Crippen LogP contribution in [0, 0.1) is 0 Å². The van der Waals surface area contributed by atoms with E-state index in [-0.39, 0.29) is 24.7 Å². The molecule has 3 rings (SSSR count). The van der Waals surface area contributed by atoms with Gasteiger partial charge in [0.1, 0.15) is 0 Å². The molecule has 0 unspecified atom stereocenters. The molecule has 0 radical (unpaired) electrons. The summed E-state index contributed by atoms with van der Waals surface area (Å²) in [6, 6.07) is 12.5. The van der Waals surface area contributed by atoms with Gasteiger partial charge in [-0.3, -0.25) is 4.79 Å². The number of amides is 1. The molecule has 3 aromatic rings. The van der Waals surface area contributed by atoms with Gasteiger partial charge in [0.25, 0.3) is 5.91 Å². The second-order valence-corrected chi connectivity index (χ2v) is 6.42. The average molecular weight is 387 g/mol. The van der Waals surface area contributed by atoms with E-state index in [1.165, 1.54) is 12.4 Å². The predicted molar refractivity (Wildman–Crippen MR) is 98.6 cm³/mol. The molecular formula is C17H17N5O4S. The third kappa shape index (κ3) is 4.88. The van der Waals surface area contributed by atoms with Crippen LogP contribution in [0.2, 0.25) is 0 Å². The minimum Gasteiger partial charge on any atom is -0.355 e. The first-order chi connectivity index (χ1) is 13.1.